The van der Waals surface area contributed by atoms with Crippen LogP contribution in [0, 0.1) is 17.2 Å². The molecule has 1 fully saturated rings. The van der Waals surface area contributed by atoms with Crippen molar-refractivity contribution >= 4 is 23.3 Å². The zero-order valence-corrected chi connectivity index (χ0v) is 24.7. The largest absolute Gasteiger partial charge is 0.454 e. The van der Waals surface area contributed by atoms with Gasteiger partial charge in [-0.1, -0.05) is 23.7 Å². The van der Waals surface area contributed by atoms with E-state index in [4.69, 9.17) is 16.3 Å². The number of hydrogen-bond donors (Lipinski definition) is 1. The zero-order valence-electron chi connectivity index (χ0n) is 23.9. The Hall–Kier alpha value is -3.67. The Labute approximate surface area is 240 Å². The summed E-state index contributed by atoms with van der Waals surface area (Å²) in [5, 5.41) is 18.2. The molecule has 0 aliphatic carbocycles. The van der Waals surface area contributed by atoms with Gasteiger partial charge in [0.15, 0.2) is 5.78 Å². The molecule has 0 saturated carbocycles. The van der Waals surface area contributed by atoms with E-state index in [1.54, 1.807) is 62.9 Å². The predicted octanol–water partition coefficient (Wildman–Crippen LogP) is 6.09. The molecule has 1 N–H and O–H groups in total. The first kappa shape index (κ1) is 29.3. The van der Waals surface area contributed by atoms with E-state index in [-0.39, 0.29) is 35.2 Å². The summed E-state index contributed by atoms with van der Waals surface area (Å²) in [5.74, 6) is 0.920. The zero-order chi connectivity index (χ0) is 29.2. The Bertz CT molecular complexity index is 1450. The van der Waals surface area contributed by atoms with Crippen LogP contribution in [0.1, 0.15) is 62.9 Å². The van der Waals surface area contributed by atoms with Gasteiger partial charge in [0.25, 0.3) is 0 Å². The standard InChI is InChI=1S/C31H36ClN5O3/c1-30(2)14-20(15-31(3,4)35-30)12-26(38)21-10-11-28(25(32)13-21)40-27-9-7-8-23(24(27)16-33)22-17-34-37(18-22)19-29(39)36(5)6/h7-11,13,17-18,20,35H,12,14-15,19H2,1-6H3. The summed E-state index contributed by atoms with van der Waals surface area (Å²) in [5.41, 5.74) is 2.10. The van der Waals surface area contributed by atoms with Crippen LogP contribution in [0.25, 0.3) is 11.1 Å². The minimum absolute atomic E-state index is 0.0304. The molecule has 0 unspecified atom stereocenters. The number of rotatable bonds is 8. The number of hydrogen-bond acceptors (Lipinski definition) is 6. The molecule has 4 rings (SSSR count). The van der Waals surface area contributed by atoms with Crippen molar-refractivity contribution in [3.63, 3.8) is 0 Å². The number of aromatic nitrogens is 2. The highest BCUT2D eigenvalue weighted by Crippen LogP contribution is 2.38. The highest BCUT2D eigenvalue weighted by molar-refractivity contribution is 6.32. The molecule has 8 nitrogen and oxygen atoms in total. The number of carbonyl (C=O) groups excluding carboxylic acids is 2. The maximum Gasteiger partial charge on any atom is 0.243 e. The van der Waals surface area contributed by atoms with Crippen LogP contribution < -0.4 is 10.1 Å². The Balaban J connectivity index is 1.51. The van der Waals surface area contributed by atoms with Gasteiger partial charge in [0.2, 0.25) is 5.91 Å². The molecule has 2 heterocycles. The van der Waals surface area contributed by atoms with Crippen molar-refractivity contribution in [3.05, 3.63) is 64.9 Å². The topological polar surface area (TPSA) is 100 Å². The lowest BCUT2D eigenvalue weighted by Crippen LogP contribution is -2.57. The van der Waals surface area contributed by atoms with E-state index in [0.29, 0.717) is 45.2 Å². The first-order valence-corrected chi connectivity index (χ1v) is 13.7. The third kappa shape index (κ3) is 6.90. The number of carbonyl (C=O) groups is 2. The fourth-order valence-corrected chi connectivity index (χ4v) is 5.99. The number of ketones is 1. The van der Waals surface area contributed by atoms with Crippen LogP contribution in [-0.4, -0.2) is 51.5 Å². The van der Waals surface area contributed by atoms with Crippen LogP contribution in [0.4, 0.5) is 0 Å². The molecule has 9 heteroatoms. The number of piperidine rings is 1. The number of likely N-dealkylation sites (N-methyl/N-ethyl adjacent to an activating group) is 1. The first-order chi connectivity index (χ1) is 18.8. The highest BCUT2D eigenvalue weighted by atomic mass is 35.5. The number of nitriles is 1. The highest BCUT2D eigenvalue weighted by Gasteiger charge is 2.38. The van der Waals surface area contributed by atoms with Crippen molar-refractivity contribution in [2.75, 3.05) is 14.1 Å². The van der Waals surface area contributed by atoms with Gasteiger partial charge in [-0.25, -0.2) is 0 Å². The smallest absolute Gasteiger partial charge is 0.243 e. The molecule has 0 radical (unpaired) electrons. The lowest BCUT2D eigenvalue weighted by Gasteiger charge is -2.46. The number of halogens is 1. The maximum absolute atomic E-state index is 13.2. The summed E-state index contributed by atoms with van der Waals surface area (Å²) < 4.78 is 7.61. The van der Waals surface area contributed by atoms with Gasteiger partial charge in [0.1, 0.15) is 29.7 Å². The summed E-state index contributed by atoms with van der Waals surface area (Å²) >= 11 is 6.57. The van der Waals surface area contributed by atoms with Gasteiger partial charge in [-0.05, 0) is 70.7 Å². The summed E-state index contributed by atoms with van der Waals surface area (Å²) in [4.78, 5) is 26.7. The first-order valence-electron chi connectivity index (χ1n) is 13.3. The van der Waals surface area contributed by atoms with Crippen LogP contribution in [0.2, 0.25) is 5.02 Å². The average Bonchev–Trinajstić information content (AvgIpc) is 3.31. The Morgan fingerprint density at radius 1 is 1.15 bits per heavy atom. The van der Waals surface area contributed by atoms with Gasteiger partial charge in [-0.2, -0.15) is 10.4 Å². The molecule has 40 heavy (non-hydrogen) atoms. The maximum atomic E-state index is 13.2. The molecule has 0 bridgehead atoms. The third-order valence-corrected chi connectivity index (χ3v) is 7.40. The summed E-state index contributed by atoms with van der Waals surface area (Å²) in [6.07, 6.45) is 5.64. The Morgan fingerprint density at radius 2 is 1.85 bits per heavy atom. The van der Waals surface area contributed by atoms with Gasteiger partial charge < -0.3 is 15.0 Å². The monoisotopic (exact) mass is 561 g/mol. The van der Waals surface area contributed by atoms with Crippen LogP contribution in [-0.2, 0) is 11.3 Å². The molecular formula is C31H36ClN5O3. The van der Waals surface area contributed by atoms with Crippen LogP contribution in [0.5, 0.6) is 11.5 Å². The van der Waals surface area contributed by atoms with E-state index in [9.17, 15) is 14.9 Å². The Morgan fingerprint density at radius 3 is 2.48 bits per heavy atom. The van der Waals surface area contributed by atoms with Gasteiger partial charge in [0, 0.05) is 54.5 Å². The van der Waals surface area contributed by atoms with Crippen molar-refractivity contribution in [2.45, 2.75) is 64.6 Å². The van der Waals surface area contributed by atoms with E-state index >= 15 is 0 Å². The van der Waals surface area contributed by atoms with Crippen molar-refractivity contribution in [1.29, 1.82) is 5.26 Å². The third-order valence-electron chi connectivity index (χ3n) is 7.10. The molecular weight excluding hydrogens is 526 g/mol. The van der Waals surface area contributed by atoms with Crippen molar-refractivity contribution < 1.29 is 14.3 Å². The van der Waals surface area contributed by atoms with Crippen LogP contribution in [0.3, 0.4) is 0 Å². The quantitative estimate of drug-likeness (QED) is 0.334. The number of nitrogens with one attached hydrogen (secondary N) is 1. The van der Waals surface area contributed by atoms with Crippen LogP contribution >= 0.6 is 11.6 Å². The fraction of sp³-hybridized carbons (Fsp3) is 0.419. The molecule has 0 atom stereocenters. The number of amides is 1. The second kappa shape index (κ2) is 11.4. The molecule has 1 aromatic heterocycles. The van der Waals surface area contributed by atoms with Gasteiger partial charge >= 0.3 is 0 Å². The molecule has 1 amide bonds. The predicted molar refractivity (Wildman–Crippen MR) is 156 cm³/mol. The normalized spacial score (nSPS) is 16.2. The van der Waals surface area contributed by atoms with Gasteiger partial charge in [0.05, 0.1) is 11.2 Å². The molecule has 1 aliphatic rings. The minimum Gasteiger partial charge on any atom is -0.454 e. The van der Waals surface area contributed by atoms with E-state index in [1.165, 1.54) is 9.58 Å². The Kier molecular flexibility index (Phi) is 8.38. The summed E-state index contributed by atoms with van der Waals surface area (Å²) in [6.45, 7) is 8.81. The van der Waals surface area contributed by atoms with Crippen molar-refractivity contribution in [2.24, 2.45) is 5.92 Å². The van der Waals surface area contributed by atoms with Crippen molar-refractivity contribution in [1.82, 2.24) is 20.0 Å². The lowest BCUT2D eigenvalue weighted by molar-refractivity contribution is -0.129. The molecule has 1 saturated heterocycles. The fourth-order valence-electron chi connectivity index (χ4n) is 5.77. The molecule has 1 aliphatic heterocycles. The lowest BCUT2D eigenvalue weighted by atomic mass is 9.74. The van der Waals surface area contributed by atoms with Crippen LogP contribution in [0.15, 0.2) is 48.8 Å². The second-order valence-electron chi connectivity index (χ2n) is 12.0. The molecule has 3 aromatic rings. The van der Waals surface area contributed by atoms with Gasteiger partial charge in [-0.3, -0.25) is 14.3 Å². The number of nitrogens with zero attached hydrogens (tertiary/aromatic N) is 4. The molecule has 0 spiro atoms. The van der Waals surface area contributed by atoms with E-state index in [1.807, 2.05) is 0 Å². The van der Waals surface area contributed by atoms with E-state index in [2.05, 4.69) is 44.2 Å². The summed E-state index contributed by atoms with van der Waals surface area (Å²) in [7, 11) is 3.37. The van der Waals surface area contributed by atoms with E-state index < -0.39 is 0 Å². The second-order valence-corrected chi connectivity index (χ2v) is 12.5. The number of ether oxygens (including phenoxy) is 1. The van der Waals surface area contributed by atoms with E-state index in [0.717, 1.165) is 12.8 Å². The van der Waals surface area contributed by atoms with Crippen molar-refractivity contribution in [3.8, 4) is 28.7 Å². The molecule has 210 valence electrons. The SMILES string of the molecule is CN(C)C(=O)Cn1cc(-c2cccc(Oc3ccc(C(=O)CC4CC(C)(C)NC(C)(C)C4)cc3Cl)c2C#N)cn1. The number of benzene rings is 2. The molecule has 2 aromatic carbocycles. The summed E-state index contributed by atoms with van der Waals surface area (Å²) in [6, 6.07) is 12.5. The number of Topliss-reactive ketones (excluding diaryl/α,β-unsaturated/α-hetero) is 1. The van der Waals surface area contributed by atoms with Gasteiger partial charge in [-0.15, -0.1) is 0 Å². The average molecular weight is 562 g/mol. The minimum atomic E-state index is -0.0905.